The summed E-state index contributed by atoms with van der Waals surface area (Å²) < 4.78 is 31.7. The molecule has 114 valence electrons. The number of nitrogens with two attached hydrogens (primary N) is 2. The maximum atomic E-state index is 13.5. The number of guanidine groups is 1. The minimum absolute atomic E-state index is 0.0302. The normalized spacial score (nSPS) is 10.6. The van der Waals surface area contributed by atoms with E-state index in [1.165, 1.54) is 12.3 Å². The lowest BCUT2D eigenvalue weighted by atomic mass is 10.1. The van der Waals surface area contributed by atoms with Gasteiger partial charge in [-0.15, -0.1) is 5.10 Å². The van der Waals surface area contributed by atoms with Gasteiger partial charge in [-0.2, -0.15) is 5.10 Å². The van der Waals surface area contributed by atoms with E-state index in [1.807, 2.05) is 0 Å². The molecule has 0 aliphatic heterocycles. The van der Waals surface area contributed by atoms with Crippen molar-refractivity contribution >= 4 is 12.2 Å². The Labute approximate surface area is 125 Å². The van der Waals surface area contributed by atoms with Gasteiger partial charge in [-0.05, 0) is 17.7 Å². The SMILES string of the molecule is NC(N)=NN=Cc1ccccc1COc1ccc(F)cc1F. The van der Waals surface area contributed by atoms with E-state index in [9.17, 15) is 8.78 Å². The second-order valence-electron chi connectivity index (χ2n) is 4.33. The molecule has 0 atom stereocenters. The third-order valence-electron chi connectivity index (χ3n) is 2.70. The lowest BCUT2D eigenvalue weighted by Gasteiger charge is -2.09. The van der Waals surface area contributed by atoms with Gasteiger partial charge in [0.2, 0.25) is 5.96 Å². The number of hydrogen-bond acceptors (Lipinski definition) is 3. The Kier molecular flexibility index (Phi) is 5.02. The molecular weight excluding hydrogens is 290 g/mol. The van der Waals surface area contributed by atoms with Gasteiger partial charge in [-0.3, -0.25) is 0 Å². The number of nitrogens with zero attached hydrogens (tertiary/aromatic N) is 2. The predicted molar refractivity (Wildman–Crippen MR) is 80.5 cm³/mol. The van der Waals surface area contributed by atoms with Crippen LogP contribution in [-0.2, 0) is 6.61 Å². The van der Waals surface area contributed by atoms with Crippen LogP contribution >= 0.6 is 0 Å². The Balaban J connectivity index is 2.13. The molecule has 4 N–H and O–H groups in total. The smallest absolute Gasteiger partial charge is 0.211 e. The molecule has 0 bridgehead atoms. The van der Waals surface area contributed by atoms with Crippen molar-refractivity contribution < 1.29 is 13.5 Å². The first kappa shape index (κ1) is 15.4. The number of hydrogen-bond donors (Lipinski definition) is 2. The molecule has 0 aromatic heterocycles. The predicted octanol–water partition coefficient (Wildman–Crippen LogP) is 2.15. The van der Waals surface area contributed by atoms with Gasteiger partial charge in [-0.25, -0.2) is 8.78 Å². The van der Waals surface area contributed by atoms with Gasteiger partial charge in [0, 0.05) is 11.6 Å². The van der Waals surface area contributed by atoms with Gasteiger partial charge >= 0.3 is 0 Å². The van der Waals surface area contributed by atoms with Crippen LogP contribution in [0.2, 0.25) is 0 Å². The van der Waals surface area contributed by atoms with E-state index in [0.717, 1.165) is 23.3 Å². The average Bonchev–Trinajstić information content (AvgIpc) is 2.47. The summed E-state index contributed by atoms with van der Waals surface area (Å²) in [7, 11) is 0. The second kappa shape index (κ2) is 7.16. The zero-order valence-electron chi connectivity index (χ0n) is 11.5. The van der Waals surface area contributed by atoms with E-state index in [-0.39, 0.29) is 18.3 Å². The van der Waals surface area contributed by atoms with Crippen LogP contribution in [0.3, 0.4) is 0 Å². The molecule has 2 aromatic carbocycles. The lowest BCUT2D eigenvalue weighted by Crippen LogP contribution is -2.21. The molecule has 22 heavy (non-hydrogen) atoms. The third-order valence-corrected chi connectivity index (χ3v) is 2.70. The molecule has 0 radical (unpaired) electrons. The van der Waals surface area contributed by atoms with Gasteiger partial charge in [-0.1, -0.05) is 24.3 Å². The summed E-state index contributed by atoms with van der Waals surface area (Å²) in [5, 5.41) is 7.22. The summed E-state index contributed by atoms with van der Waals surface area (Å²) in [6.07, 6.45) is 1.46. The fraction of sp³-hybridized carbons (Fsp3) is 0.0667. The number of ether oxygens (including phenoxy) is 1. The second-order valence-corrected chi connectivity index (χ2v) is 4.33. The molecule has 0 heterocycles. The first-order valence-corrected chi connectivity index (χ1v) is 6.34. The van der Waals surface area contributed by atoms with Crippen molar-refractivity contribution in [1.29, 1.82) is 0 Å². The summed E-state index contributed by atoms with van der Waals surface area (Å²) in [5.74, 6) is -1.60. The highest BCUT2D eigenvalue weighted by Crippen LogP contribution is 2.19. The highest BCUT2D eigenvalue weighted by Gasteiger charge is 2.06. The molecular formula is C15H14F2N4O. The summed E-state index contributed by atoms with van der Waals surface area (Å²) >= 11 is 0. The van der Waals surface area contributed by atoms with E-state index in [1.54, 1.807) is 24.3 Å². The molecule has 0 saturated heterocycles. The van der Waals surface area contributed by atoms with Gasteiger partial charge in [0.15, 0.2) is 11.6 Å². The Bertz CT molecular complexity index is 712. The zero-order chi connectivity index (χ0) is 15.9. The van der Waals surface area contributed by atoms with Crippen LogP contribution in [0.5, 0.6) is 5.75 Å². The molecule has 2 rings (SSSR count). The van der Waals surface area contributed by atoms with Crippen molar-refractivity contribution in [2.75, 3.05) is 0 Å². The maximum Gasteiger partial charge on any atom is 0.211 e. The van der Waals surface area contributed by atoms with Crippen LogP contribution in [0.25, 0.3) is 0 Å². The van der Waals surface area contributed by atoms with Crippen molar-refractivity contribution in [3.8, 4) is 5.75 Å². The minimum atomic E-state index is -0.758. The van der Waals surface area contributed by atoms with Gasteiger partial charge in [0.25, 0.3) is 0 Å². The lowest BCUT2D eigenvalue weighted by molar-refractivity contribution is 0.289. The first-order valence-electron chi connectivity index (χ1n) is 6.34. The van der Waals surface area contributed by atoms with E-state index >= 15 is 0 Å². The molecule has 0 aliphatic rings. The van der Waals surface area contributed by atoms with Crippen molar-refractivity contribution in [2.45, 2.75) is 6.61 Å². The third kappa shape index (κ3) is 4.27. The summed E-state index contributed by atoms with van der Waals surface area (Å²) in [6.45, 7) is 0.0898. The van der Waals surface area contributed by atoms with Crippen molar-refractivity contribution in [3.05, 3.63) is 65.2 Å². The van der Waals surface area contributed by atoms with Crippen LogP contribution in [0.1, 0.15) is 11.1 Å². The van der Waals surface area contributed by atoms with Gasteiger partial charge < -0.3 is 16.2 Å². The average molecular weight is 304 g/mol. The molecule has 0 spiro atoms. The van der Waals surface area contributed by atoms with E-state index in [4.69, 9.17) is 16.2 Å². The Hall–Kier alpha value is -2.96. The van der Waals surface area contributed by atoms with Gasteiger partial charge in [0.1, 0.15) is 12.4 Å². The minimum Gasteiger partial charge on any atom is -0.486 e. The maximum absolute atomic E-state index is 13.5. The molecule has 0 amide bonds. The van der Waals surface area contributed by atoms with Crippen molar-refractivity contribution in [1.82, 2.24) is 0 Å². The highest BCUT2D eigenvalue weighted by molar-refractivity contribution is 5.83. The fourth-order valence-electron chi connectivity index (χ4n) is 1.70. The van der Waals surface area contributed by atoms with Crippen LogP contribution < -0.4 is 16.2 Å². The number of rotatable bonds is 5. The van der Waals surface area contributed by atoms with Crippen molar-refractivity contribution in [3.63, 3.8) is 0 Å². The Morgan fingerprint density at radius 2 is 1.91 bits per heavy atom. The summed E-state index contributed by atoms with van der Waals surface area (Å²) in [4.78, 5) is 0. The Morgan fingerprint density at radius 3 is 2.64 bits per heavy atom. The summed E-state index contributed by atoms with van der Waals surface area (Å²) in [6, 6.07) is 10.3. The van der Waals surface area contributed by atoms with Crippen LogP contribution in [0, 0.1) is 11.6 Å². The molecule has 2 aromatic rings. The topological polar surface area (TPSA) is 86.0 Å². The highest BCUT2D eigenvalue weighted by atomic mass is 19.1. The molecule has 0 unspecified atom stereocenters. The molecule has 7 heteroatoms. The quantitative estimate of drug-likeness (QED) is 0.504. The Morgan fingerprint density at radius 1 is 1.14 bits per heavy atom. The van der Waals surface area contributed by atoms with Gasteiger partial charge in [0.05, 0.1) is 6.21 Å². The van der Waals surface area contributed by atoms with Crippen LogP contribution in [-0.4, -0.2) is 12.2 Å². The molecule has 0 fully saturated rings. The van der Waals surface area contributed by atoms with Crippen LogP contribution in [0.4, 0.5) is 8.78 Å². The molecule has 0 saturated carbocycles. The van der Waals surface area contributed by atoms with E-state index < -0.39 is 11.6 Å². The van der Waals surface area contributed by atoms with E-state index in [2.05, 4.69) is 10.2 Å². The molecule has 5 nitrogen and oxygen atoms in total. The zero-order valence-corrected chi connectivity index (χ0v) is 11.5. The largest absolute Gasteiger partial charge is 0.486 e. The monoisotopic (exact) mass is 304 g/mol. The van der Waals surface area contributed by atoms with Crippen LogP contribution in [0.15, 0.2) is 52.7 Å². The fourth-order valence-corrected chi connectivity index (χ4v) is 1.70. The summed E-state index contributed by atoms with van der Waals surface area (Å²) in [5.41, 5.74) is 11.8. The first-order chi connectivity index (χ1) is 10.6. The number of benzene rings is 2. The van der Waals surface area contributed by atoms with E-state index in [0.29, 0.717) is 0 Å². The molecule has 0 aliphatic carbocycles. The number of halogens is 2. The van der Waals surface area contributed by atoms with Crippen molar-refractivity contribution in [2.24, 2.45) is 21.7 Å². The standard InChI is InChI=1S/C15H14F2N4O/c16-12-5-6-14(13(17)7-12)22-9-11-4-2-1-3-10(11)8-20-21-15(18)19/h1-8H,9H2,(H4,18,19,21).